The average Bonchev–Trinajstić information content (AvgIpc) is 3.14. The molecule has 0 saturated carbocycles. The van der Waals surface area contributed by atoms with Gasteiger partial charge in [-0.3, -0.25) is 9.48 Å². The van der Waals surface area contributed by atoms with E-state index in [1.165, 1.54) is 0 Å². The maximum absolute atomic E-state index is 11.9. The number of nitrogens with zero attached hydrogens (tertiary/aromatic N) is 4. The number of carbonyl (C=O) groups excluding carboxylic acids is 1. The van der Waals surface area contributed by atoms with Gasteiger partial charge in [0.25, 0.3) is 0 Å². The highest BCUT2D eigenvalue weighted by Crippen LogP contribution is 2.15. The number of hydrogen-bond donors (Lipinski definition) is 2. The van der Waals surface area contributed by atoms with Crippen molar-refractivity contribution in [1.82, 2.24) is 30.3 Å². The number of rotatable bonds is 5. The molecule has 0 radical (unpaired) electrons. The third-order valence-electron chi connectivity index (χ3n) is 3.24. The summed E-state index contributed by atoms with van der Waals surface area (Å²) in [6, 6.07) is 7.63. The van der Waals surface area contributed by atoms with Crippen LogP contribution in [0.4, 0.5) is 0 Å². The molecule has 1 amide bonds. The average molecular weight is 284 g/mol. The number of amides is 1. The molecule has 1 aromatic carbocycles. The van der Waals surface area contributed by atoms with E-state index in [-0.39, 0.29) is 11.9 Å². The largest absolute Gasteiger partial charge is 0.346 e. The Kier molecular flexibility index (Phi) is 3.63. The van der Waals surface area contributed by atoms with Crippen molar-refractivity contribution in [3.8, 4) is 0 Å². The molecule has 0 fully saturated rings. The number of carbonyl (C=O) groups is 1. The molecule has 7 heteroatoms. The van der Waals surface area contributed by atoms with Crippen molar-refractivity contribution >= 4 is 16.9 Å². The van der Waals surface area contributed by atoms with Crippen molar-refractivity contribution in [3.05, 3.63) is 42.5 Å². The van der Waals surface area contributed by atoms with E-state index in [0.29, 0.717) is 13.0 Å². The van der Waals surface area contributed by atoms with Crippen molar-refractivity contribution in [2.75, 3.05) is 0 Å². The van der Waals surface area contributed by atoms with Crippen molar-refractivity contribution in [2.24, 2.45) is 0 Å². The first kappa shape index (κ1) is 13.3. The predicted octanol–water partition coefficient (Wildman–Crippen LogP) is 1.42. The summed E-state index contributed by atoms with van der Waals surface area (Å²) in [6.07, 6.45) is 3.68. The van der Waals surface area contributed by atoms with Gasteiger partial charge in [0.05, 0.1) is 29.8 Å². The molecule has 3 rings (SSSR count). The van der Waals surface area contributed by atoms with Crippen LogP contribution < -0.4 is 5.32 Å². The molecule has 2 heterocycles. The van der Waals surface area contributed by atoms with Crippen LogP contribution in [-0.2, 0) is 11.3 Å². The van der Waals surface area contributed by atoms with Crippen LogP contribution in [0.5, 0.6) is 0 Å². The highest BCUT2D eigenvalue weighted by molar-refractivity contribution is 5.77. The van der Waals surface area contributed by atoms with E-state index < -0.39 is 0 Å². The molecule has 0 aliphatic rings. The lowest BCUT2D eigenvalue weighted by Gasteiger charge is -2.11. The van der Waals surface area contributed by atoms with E-state index in [0.717, 1.165) is 16.9 Å². The maximum Gasteiger partial charge on any atom is 0.222 e. The third-order valence-corrected chi connectivity index (χ3v) is 3.24. The Hall–Kier alpha value is -2.70. The van der Waals surface area contributed by atoms with Gasteiger partial charge in [0, 0.05) is 12.6 Å². The van der Waals surface area contributed by atoms with Gasteiger partial charge in [0.1, 0.15) is 5.82 Å². The SMILES string of the molecule is CC(NC(=O)CCn1ccnn1)c1nc2ccccc2[nH]1. The minimum Gasteiger partial charge on any atom is -0.346 e. The monoisotopic (exact) mass is 284 g/mol. The number of fused-ring (bicyclic) bond motifs is 1. The lowest BCUT2D eigenvalue weighted by atomic mass is 10.3. The van der Waals surface area contributed by atoms with Crippen molar-refractivity contribution in [1.29, 1.82) is 0 Å². The predicted molar refractivity (Wildman–Crippen MR) is 77.3 cm³/mol. The summed E-state index contributed by atoms with van der Waals surface area (Å²) in [4.78, 5) is 19.6. The normalized spacial score (nSPS) is 12.4. The maximum atomic E-state index is 11.9. The molecule has 0 bridgehead atoms. The van der Waals surface area contributed by atoms with E-state index >= 15 is 0 Å². The molecule has 21 heavy (non-hydrogen) atoms. The Bertz CT molecular complexity index is 700. The summed E-state index contributed by atoms with van der Waals surface area (Å²) in [5.74, 6) is 0.712. The Balaban J connectivity index is 1.60. The van der Waals surface area contributed by atoms with Gasteiger partial charge >= 0.3 is 0 Å². The van der Waals surface area contributed by atoms with Crippen LogP contribution in [0.15, 0.2) is 36.7 Å². The van der Waals surface area contributed by atoms with E-state index in [9.17, 15) is 4.79 Å². The summed E-state index contributed by atoms with van der Waals surface area (Å²) in [6.45, 7) is 2.42. The second-order valence-electron chi connectivity index (χ2n) is 4.84. The molecular weight excluding hydrogens is 268 g/mol. The van der Waals surface area contributed by atoms with Gasteiger partial charge in [0.2, 0.25) is 5.91 Å². The van der Waals surface area contributed by atoms with Crippen molar-refractivity contribution < 1.29 is 4.79 Å². The molecule has 0 aliphatic heterocycles. The van der Waals surface area contributed by atoms with Gasteiger partial charge in [-0.25, -0.2) is 4.98 Å². The lowest BCUT2D eigenvalue weighted by molar-refractivity contribution is -0.122. The highest BCUT2D eigenvalue weighted by atomic mass is 16.1. The zero-order valence-electron chi connectivity index (χ0n) is 11.7. The van der Waals surface area contributed by atoms with Crippen LogP contribution >= 0.6 is 0 Å². The van der Waals surface area contributed by atoms with E-state index in [1.807, 2.05) is 31.2 Å². The number of benzene rings is 1. The molecule has 0 saturated heterocycles. The van der Waals surface area contributed by atoms with Crippen LogP contribution in [0.25, 0.3) is 11.0 Å². The van der Waals surface area contributed by atoms with Crippen LogP contribution in [0, 0.1) is 0 Å². The van der Waals surface area contributed by atoms with Gasteiger partial charge in [-0.1, -0.05) is 17.3 Å². The van der Waals surface area contributed by atoms with Crippen LogP contribution in [0.3, 0.4) is 0 Å². The second-order valence-corrected chi connectivity index (χ2v) is 4.84. The topological polar surface area (TPSA) is 88.5 Å². The molecule has 2 aromatic heterocycles. The number of aromatic nitrogens is 5. The number of para-hydroxylation sites is 2. The minimum atomic E-state index is -0.166. The number of H-pyrrole nitrogens is 1. The van der Waals surface area contributed by atoms with Gasteiger partial charge in [-0.2, -0.15) is 0 Å². The Morgan fingerprint density at radius 3 is 3.05 bits per heavy atom. The molecule has 0 spiro atoms. The number of nitrogens with one attached hydrogen (secondary N) is 2. The van der Waals surface area contributed by atoms with Crippen molar-refractivity contribution in [2.45, 2.75) is 25.9 Å². The summed E-state index contributed by atoms with van der Waals surface area (Å²) in [5.41, 5.74) is 1.87. The number of aromatic amines is 1. The number of hydrogen-bond acceptors (Lipinski definition) is 4. The minimum absolute atomic E-state index is 0.0431. The summed E-state index contributed by atoms with van der Waals surface area (Å²) in [7, 11) is 0. The summed E-state index contributed by atoms with van der Waals surface area (Å²) >= 11 is 0. The second kappa shape index (κ2) is 5.74. The zero-order valence-corrected chi connectivity index (χ0v) is 11.7. The molecule has 2 N–H and O–H groups in total. The fourth-order valence-corrected chi connectivity index (χ4v) is 2.13. The van der Waals surface area contributed by atoms with Crippen LogP contribution in [0.2, 0.25) is 0 Å². The molecule has 1 unspecified atom stereocenters. The van der Waals surface area contributed by atoms with Crippen LogP contribution in [0.1, 0.15) is 25.2 Å². The first-order valence-corrected chi connectivity index (χ1v) is 6.80. The van der Waals surface area contributed by atoms with Gasteiger partial charge < -0.3 is 10.3 Å². The quantitative estimate of drug-likeness (QED) is 0.741. The zero-order chi connectivity index (χ0) is 14.7. The van der Waals surface area contributed by atoms with Gasteiger partial charge in [-0.05, 0) is 19.1 Å². The van der Waals surface area contributed by atoms with Crippen molar-refractivity contribution in [3.63, 3.8) is 0 Å². The number of aryl methyl sites for hydroxylation is 1. The molecule has 3 aromatic rings. The standard InChI is InChI=1S/C14H16N6O/c1-10(14-17-11-4-2-3-5-12(11)18-14)16-13(21)6-8-20-9-7-15-19-20/h2-5,7,9-10H,6,8H2,1H3,(H,16,21)(H,17,18). The smallest absolute Gasteiger partial charge is 0.222 e. The Labute approximate surface area is 121 Å². The van der Waals surface area contributed by atoms with E-state index in [2.05, 4.69) is 25.6 Å². The third kappa shape index (κ3) is 3.07. The van der Waals surface area contributed by atoms with E-state index in [1.54, 1.807) is 17.1 Å². The fourth-order valence-electron chi connectivity index (χ4n) is 2.13. The first-order chi connectivity index (χ1) is 10.2. The lowest BCUT2D eigenvalue weighted by Crippen LogP contribution is -2.28. The van der Waals surface area contributed by atoms with Crippen LogP contribution in [-0.4, -0.2) is 30.9 Å². The van der Waals surface area contributed by atoms with Gasteiger partial charge in [0.15, 0.2) is 0 Å². The Morgan fingerprint density at radius 2 is 2.29 bits per heavy atom. The molecule has 7 nitrogen and oxygen atoms in total. The molecule has 1 atom stereocenters. The van der Waals surface area contributed by atoms with E-state index in [4.69, 9.17) is 0 Å². The summed E-state index contributed by atoms with van der Waals surface area (Å²) in [5, 5.41) is 10.4. The number of imidazole rings is 1. The Morgan fingerprint density at radius 1 is 1.43 bits per heavy atom. The molecule has 0 aliphatic carbocycles. The summed E-state index contributed by atoms with van der Waals surface area (Å²) < 4.78 is 1.63. The first-order valence-electron chi connectivity index (χ1n) is 6.80. The molecule has 108 valence electrons. The highest BCUT2D eigenvalue weighted by Gasteiger charge is 2.13. The fraction of sp³-hybridized carbons (Fsp3) is 0.286. The van der Waals surface area contributed by atoms with Gasteiger partial charge in [-0.15, -0.1) is 5.10 Å². The molecular formula is C14H16N6O.